The van der Waals surface area contributed by atoms with Gasteiger partial charge in [-0.3, -0.25) is 9.69 Å². The maximum Gasteiger partial charge on any atom is 0.243 e. The number of carbonyl (C=O) groups excluding carboxylic acids is 1. The SMILES string of the molecule is CCn1c(CN2CCNC(=O)C2(C)C)nc2cc(S(=O)(=O)N3CCOCC3)ccc21. The average molecular weight is 436 g/mol. The van der Waals surface area contributed by atoms with Crippen molar-refractivity contribution >= 4 is 27.0 Å². The third-order valence-corrected chi connectivity index (χ3v) is 7.96. The second-order valence-electron chi connectivity index (χ2n) is 8.18. The quantitative estimate of drug-likeness (QED) is 0.746. The zero-order valence-corrected chi connectivity index (χ0v) is 18.5. The fourth-order valence-electron chi connectivity index (χ4n) is 4.12. The number of carbonyl (C=O) groups is 1. The van der Waals surface area contributed by atoms with Gasteiger partial charge >= 0.3 is 0 Å². The van der Waals surface area contributed by atoms with E-state index in [0.29, 0.717) is 51.5 Å². The molecule has 0 saturated carbocycles. The van der Waals surface area contributed by atoms with E-state index in [1.54, 1.807) is 12.1 Å². The van der Waals surface area contributed by atoms with Gasteiger partial charge < -0.3 is 14.6 Å². The lowest BCUT2D eigenvalue weighted by Crippen LogP contribution is -2.61. The minimum atomic E-state index is -3.58. The largest absolute Gasteiger partial charge is 0.379 e. The van der Waals surface area contributed by atoms with Crippen LogP contribution in [0.15, 0.2) is 23.1 Å². The highest BCUT2D eigenvalue weighted by atomic mass is 32.2. The molecule has 4 rings (SSSR count). The summed E-state index contributed by atoms with van der Waals surface area (Å²) in [6.45, 7) is 9.99. The molecule has 10 heteroatoms. The number of imidazole rings is 1. The topological polar surface area (TPSA) is 96.8 Å². The first-order valence-electron chi connectivity index (χ1n) is 10.4. The van der Waals surface area contributed by atoms with Crippen LogP contribution in [0, 0.1) is 0 Å². The molecule has 30 heavy (non-hydrogen) atoms. The summed E-state index contributed by atoms with van der Waals surface area (Å²) in [4.78, 5) is 19.4. The normalized spacial score (nSPS) is 21.1. The van der Waals surface area contributed by atoms with E-state index in [0.717, 1.165) is 17.9 Å². The second-order valence-corrected chi connectivity index (χ2v) is 10.1. The molecule has 2 saturated heterocycles. The third kappa shape index (κ3) is 3.62. The third-order valence-electron chi connectivity index (χ3n) is 6.07. The van der Waals surface area contributed by atoms with Crippen molar-refractivity contribution in [1.82, 2.24) is 24.1 Å². The van der Waals surface area contributed by atoms with Gasteiger partial charge in [-0.05, 0) is 39.0 Å². The molecule has 2 aromatic rings. The molecule has 0 aliphatic carbocycles. The molecule has 2 fully saturated rings. The van der Waals surface area contributed by atoms with Crippen LogP contribution in [0.4, 0.5) is 0 Å². The molecule has 0 radical (unpaired) electrons. The van der Waals surface area contributed by atoms with Gasteiger partial charge in [0.05, 0.1) is 41.2 Å². The number of ether oxygens (including phenoxy) is 1. The van der Waals surface area contributed by atoms with E-state index >= 15 is 0 Å². The number of sulfonamides is 1. The number of hydrogen-bond acceptors (Lipinski definition) is 6. The lowest BCUT2D eigenvalue weighted by molar-refractivity contribution is -0.135. The van der Waals surface area contributed by atoms with Crippen LogP contribution in [-0.2, 0) is 32.6 Å². The number of aromatic nitrogens is 2. The molecule has 0 bridgehead atoms. The summed E-state index contributed by atoms with van der Waals surface area (Å²) in [5, 5.41) is 2.91. The Kier molecular flexibility index (Phi) is 5.60. The van der Waals surface area contributed by atoms with Crippen molar-refractivity contribution in [1.29, 1.82) is 0 Å². The number of fused-ring (bicyclic) bond motifs is 1. The number of hydrogen-bond donors (Lipinski definition) is 1. The number of piperazine rings is 1. The second kappa shape index (κ2) is 7.92. The van der Waals surface area contributed by atoms with Crippen LogP contribution >= 0.6 is 0 Å². The number of nitrogens with zero attached hydrogens (tertiary/aromatic N) is 4. The Morgan fingerprint density at radius 1 is 1.20 bits per heavy atom. The van der Waals surface area contributed by atoms with Crippen molar-refractivity contribution in [3.63, 3.8) is 0 Å². The van der Waals surface area contributed by atoms with E-state index in [1.165, 1.54) is 4.31 Å². The van der Waals surface area contributed by atoms with Crippen molar-refractivity contribution in [2.45, 2.75) is 44.3 Å². The lowest BCUT2D eigenvalue weighted by Gasteiger charge is -2.40. The van der Waals surface area contributed by atoms with Gasteiger partial charge in [0.25, 0.3) is 0 Å². The molecule has 3 heterocycles. The number of nitrogens with one attached hydrogen (secondary N) is 1. The van der Waals surface area contributed by atoms with E-state index in [9.17, 15) is 13.2 Å². The Bertz CT molecular complexity index is 1060. The van der Waals surface area contributed by atoms with Gasteiger partial charge in [0, 0.05) is 32.7 Å². The highest BCUT2D eigenvalue weighted by Crippen LogP contribution is 2.26. The van der Waals surface area contributed by atoms with Crippen LogP contribution < -0.4 is 5.32 Å². The molecule has 0 unspecified atom stereocenters. The number of morpholine rings is 1. The first kappa shape index (κ1) is 21.2. The zero-order valence-electron chi connectivity index (χ0n) is 17.7. The minimum absolute atomic E-state index is 0.00630. The average Bonchev–Trinajstić information content (AvgIpc) is 3.08. The van der Waals surface area contributed by atoms with Gasteiger partial charge in [-0.2, -0.15) is 4.31 Å². The summed E-state index contributed by atoms with van der Waals surface area (Å²) in [5.74, 6) is 0.836. The predicted molar refractivity (Wildman–Crippen MR) is 112 cm³/mol. The van der Waals surface area contributed by atoms with Gasteiger partial charge in [-0.25, -0.2) is 13.4 Å². The van der Waals surface area contributed by atoms with Gasteiger partial charge in [-0.1, -0.05) is 0 Å². The lowest BCUT2D eigenvalue weighted by atomic mass is 9.99. The van der Waals surface area contributed by atoms with Gasteiger partial charge in [0.2, 0.25) is 15.9 Å². The summed E-state index contributed by atoms with van der Waals surface area (Å²) in [6, 6.07) is 5.14. The van der Waals surface area contributed by atoms with E-state index in [1.807, 2.05) is 26.8 Å². The van der Waals surface area contributed by atoms with Crippen LogP contribution in [0.25, 0.3) is 11.0 Å². The molecule has 164 valence electrons. The number of rotatable bonds is 5. The molecule has 2 aliphatic rings. The smallest absolute Gasteiger partial charge is 0.243 e. The monoisotopic (exact) mass is 435 g/mol. The van der Waals surface area contributed by atoms with Crippen LogP contribution in [-0.4, -0.2) is 78.0 Å². The standard InChI is InChI=1S/C20H29N5O4S/c1-4-25-17-6-5-15(30(27,28)24-9-11-29-12-10-24)13-16(17)22-18(25)14-23-8-7-21-19(26)20(23,2)3/h5-6,13H,4,7-12,14H2,1-3H3,(H,21,26). The molecule has 1 amide bonds. The van der Waals surface area contributed by atoms with Crippen molar-refractivity contribution in [3.05, 3.63) is 24.0 Å². The highest BCUT2D eigenvalue weighted by molar-refractivity contribution is 7.89. The van der Waals surface area contributed by atoms with Crippen molar-refractivity contribution in [3.8, 4) is 0 Å². The Morgan fingerprint density at radius 3 is 2.63 bits per heavy atom. The van der Waals surface area contributed by atoms with Crippen LogP contribution in [0.1, 0.15) is 26.6 Å². The Hall–Kier alpha value is -2.01. The molecular weight excluding hydrogens is 406 g/mol. The van der Waals surface area contributed by atoms with Gasteiger partial charge in [0.15, 0.2) is 0 Å². The van der Waals surface area contributed by atoms with Crippen LogP contribution in [0.3, 0.4) is 0 Å². The fourth-order valence-corrected chi connectivity index (χ4v) is 5.55. The predicted octanol–water partition coefficient (Wildman–Crippen LogP) is 0.788. The van der Waals surface area contributed by atoms with Crippen LogP contribution in [0.2, 0.25) is 0 Å². The molecule has 0 spiro atoms. The van der Waals surface area contributed by atoms with Gasteiger partial charge in [0.1, 0.15) is 5.82 Å². The van der Waals surface area contributed by atoms with Crippen molar-refractivity contribution < 1.29 is 17.9 Å². The summed E-state index contributed by atoms with van der Waals surface area (Å²) in [5.41, 5.74) is 0.924. The number of aryl methyl sites for hydroxylation is 1. The van der Waals surface area contributed by atoms with E-state index in [-0.39, 0.29) is 10.8 Å². The molecule has 1 aromatic heterocycles. The number of benzene rings is 1. The molecule has 0 atom stereocenters. The van der Waals surface area contributed by atoms with Crippen molar-refractivity contribution in [2.75, 3.05) is 39.4 Å². The number of amides is 1. The van der Waals surface area contributed by atoms with E-state index in [4.69, 9.17) is 9.72 Å². The Morgan fingerprint density at radius 2 is 1.93 bits per heavy atom. The highest BCUT2D eigenvalue weighted by Gasteiger charge is 2.38. The molecule has 1 N–H and O–H groups in total. The summed E-state index contributed by atoms with van der Waals surface area (Å²) in [7, 11) is -3.58. The maximum atomic E-state index is 13.0. The van der Waals surface area contributed by atoms with E-state index < -0.39 is 15.6 Å². The summed E-state index contributed by atoms with van der Waals surface area (Å²) >= 11 is 0. The molecule has 9 nitrogen and oxygen atoms in total. The molecular formula is C20H29N5O4S. The summed E-state index contributed by atoms with van der Waals surface area (Å²) in [6.07, 6.45) is 0. The van der Waals surface area contributed by atoms with Gasteiger partial charge in [-0.15, -0.1) is 0 Å². The summed E-state index contributed by atoms with van der Waals surface area (Å²) < 4.78 is 34.9. The Labute approximate surface area is 177 Å². The Balaban J connectivity index is 1.68. The molecule has 1 aromatic carbocycles. The van der Waals surface area contributed by atoms with Crippen LogP contribution in [0.5, 0.6) is 0 Å². The molecule has 2 aliphatic heterocycles. The maximum absolute atomic E-state index is 13.0. The first-order valence-corrected chi connectivity index (χ1v) is 11.8. The fraction of sp³-hybridized carbons (Fsp3) is 0.600. The first-order chi connectivity index (χ1) is 14.2. The van der Waals surface area contributed by atoms with E-state index in [2.05, 4.69) is 14.8 Å². The zero-order chi connectivity index (χ0) is 21.5. The van der Waals surface area contributed by atoms with Crippen molar-refractivity contribution in [2.24, 2.45) is 0 Å². The minimum Gasteiger partial charge on any atom is -0.379 e.